The van der Waals surface area contributed by atoms with E-state index in [2.05, 4.69) is 27.7 Å². The molecule has 0 saturated heterocycles. The first-order valence-corrected chi connectivity index (χ1v) is 42.3. The molecule has 0 aliphatic carbocycles. The van der Waals surface area contributed by atoms with E-state index in [-0.39, 0.29) is 25.7 Å². The summed E-state index contributed by atoms with van der Waals surface area (Å²) >= 11 is 0. The molecule has 19 heteroatoms. The van der Waals surface area contributed by atoms with Gasteiger partial charge in [0.25, 0.3) is 0 Å². The fraction of sp³-hybridized carbons (Fsp3) is 0.947. The number of aliphatic hydroxyl groups is 1. The molecule has 0 aromatic heterocycles. The van der Waals surface area contributed by atoms with Gasteiger partial charge in [0.05, 0.1) is 26.4 Å². The van der Waals surface area contributed by atoms with Gasteiger partial charge in [-0.1, -0.05) is 349 Å². The third-order valence-electron chi connectivity index (χ3n) is 17.6. The van der Waals surface area contributed by atoms with Crippen molar-refractivity contribution in [3.8, 4) is 0 Å². The van der Waals surface area contributed by atoms with Crippen LogP contribution in [0.1, 0.15) is 400 Å². The van der Waals surface area contributed by atoms with Crippen LogP contribution in [0.15, 0.2) is 0 Å². The number of hydrogen-bond donors (Lipinski definition) is 3. The second-order valence-corrected chi connectivity index (χ2v) is 29.9. The number of rotatable bonds is 76. The van der Waals surface area contributed by atoms with Crippen LogP contribution in [0.4, 0.5) is 0 Å². The van der Waals surface area contributed by atoms with Gasteiger partial charge in [-0.2, -0.15) is 0 Å². The van der Waals surface area contributed by atoms with E-state index < -0.39 is 97.5 Å². The van der Waals surface area contributed by atoms with Crippen LogP contribution in [0.25, 0.3) is 0 Å². The zero-order chi connectivity index (χ0) is 69.0. The highest BCUT2D eigenvalue weighted by atomic mass is 31.2. The first-order chi connectivity index (χ1) is 45.7. The zero-order valence-corrected chi connectivity index (χ0v) is 62.7. The van der Waals surface area contributed by atoms with Crippen LogP contribution in [-0.4, -0.2) is 96.7 Å². The maximum atomic E-state index is 13.1. The van der Waals surface area contributed by atoms with E-state index in [9.17, 15) is 43.2 Å². The minimum Gasteiger partial charge on any atom is -0.462 e. The molecule has 0 aliphatic heterocycles. The van der Waals surface area contributed by atoms with Gasteiger partial charge in [-0.25, -0.2) is 9.13 Å². The molecule has 0 radical (unpaired) electrons. The third-order valence-corrected chi connectivity index (χ3v) is 19.5. The lowest BCUT2D eigenvalue weighted by molar-refractivity contribution is -0.161. The van der Waals surface area contributed by atoms with Crippen LogP contribution in [0.2, 0.25) is 0 Å². The Morgan fingerprint density at radius 1 is 0.255 bits per heavy atom. The average Bonchev–Trinajstić information content (AvgIpc) is 2.66. The predicted octanol–water partition coefficient (Wildman–Crippen LogP) is 22.2. The van der Waals surface area contributed by atoms with E-state index in [0.717, 1.165) is 89.9 Å². The molecule has 0 spiro atoms. The molecule has 0 aromatic rings. The highest BCUT2D eigenvalue weighted by Crippen LogP contribution is 2.45. The summed E-state index contributed by atoms with van der Waals surface area (Å²) in [5.74, 6) is -2.11. The van der Waals surface area contributed by atoms with Gasteiger partial charge < -0.3 is 33.8 Å². The molecule has 0 fully saturated rings. The monoisotopic (exact) mass is 1380 g/mol. The summed E-state index contributed by atoms with van der Waals surface area (Å²) in [7, 11) is -9.90. The fourth-order valence-corrected chi connectivity index (χ4v) is 13.2. The number of carbonyl (C=O) groups excluding carboxylic acids is 4. The molecule has 0 saturated carbocycles. The van der Waals surface area contributed by atoms with Crippen molar-refractivity contribution in [3.05, 3.63) is 0 Å². The second kappa shape index (κ2) is 69.5. The molecule has 17 nitrogen and oxygen atoms in total. The van der Waals surface area contributed by atoms with Crippen LogP contribution in [0.3, 0.4) is 0 Å². The molecule has 5 atom stereocenters. The summed E-state index contributed by atoms with van der Waals surface area (Å²) in [5.41, 5.74) is 0. The van der Waals surface area contributed by atoms with Crippen LogP contribution in [-0.2, 0) is 65.4 Å². The molecular weight excluding hydrogens is 1230 g/mol. The Morgan fingerprint density at radius 3 is 0.628 bits per heavy atom. The first kappa shape index (κ1) is 92.1. The Morgan fingerprint density at radius 2 is 0.426 bits per heavy atom. The lowest BCUT2D eigenvalue weighted by Crippen LogP contribution is -2.30. The Hall–Kier alpha value is -1.94. The minimum absolute atomic E-state index is 0.107. The van der Waals surface area contributed by atoms with Gasteiger partial charge in [0.2, 0.25) is 0 Å². The highest BCUT2D eigenvalue weighted by Gasteiger charge is 2.30. The molecule has 94 heavy (non-hydrogen) atoms. The highest BCUT2D eigenvalue weighted by molar-refractivity contribution is 7.47. The molecule has 0 aliphatic rings. The maximum absolute atomic E-state index is 13.1. The lowest BCUT2D eigenvalue weighted by atomic mass is 10.0. The van der Waals surface area contributed by atoms with Crippen LogP contribution in [0, 0.1) is 0 Å². The van der Waals surface area contributed by atoms with Crippen molar-refractivity contribution in [2.24, 2.45) is 0 Å². The van der Waals surface area contributed by atoms with Gasteiger partial charge in [0.15, 0.2) is 12.2 Å². The van der Waals surface area contributed by atoms with E-state index in [0.29, 0.717) is 25.7 Å². The molecule has 0 heterocycles. The maximum Gasteiger partial charge on any atom is 0.472 e. The molecular formula is C75H146O17P2. The van der Waals surface area contributed by atoms with Crippen molar-refractivity contribution in [2.45, 2.75) is 418 Å². The quantitative estimate of drug-likeness (QED) is 0.0222. The zero-order valence-electron chi connectivity index (χ0n) is 60.9. The summed E-state index contributed by atoms with van der Waals surface area (Å²) in [6, 6.07) is 0. The average molecular weight is 1380 g/mol. The lowest BCUT2D eigenvalue weighted by Gasteiger charge is -2.21. The van der Waals surface area contributed by atoms with Gasteiger partial charge in [0.1, 0.15) is 19.3 Å². The smallest absolute Gasteiger partial charge is 0.462 e. The number of phosphoric ester groups is 2. The van der Waals surface area contributed by atoms with Crippen LogP contribution >= 0.6 is 15.6 Å². The number of esters is 4. The Labute approximate surface area is 575 Å². The SMILES string of the molecule is CCCCCCCCCCCCCCCCCCCCCCCC(=O)O[C@H](COC(=O)CCCCCCCCCCCCCCC)COP(=O)(O)OC[C@@H](O)COP(=O)(O)OC[C@@H](COC(=O)CCCCCCCCCCC)OC(=O)CCCCCCCCCCCCC. The van der Waals surface area contributed by atoms with Crippen molar-refractivity contribution in [1.82, 2.24) is 0 Å². The molecule has 0 bridgehead atoms. The minimum atomic E-state index is -4.95. The summed E-state index contributed by atoms with van der Waals surface area (Å²) in [4.78, 5) is 72.7. The summed E-state index contributed by atoms with van der Waals surface area (Å²) in [5, 5.41) is 10.6. The second-order valence-electron chi connectivity index (χ2n) is 27.0. The number of hydrogen-bond acceptors (Lipinski definition) is 15. The number of carbonyl (C=O) groups is 4. The molecule has 3 N–H and O–H groups in total. The number of ether oxygens (including phenoxy) is 4. The number of phosphoric acid groups is 2. The van der Waals surface area contributed by atoms with Gasteiger partial charge in [-0.05, 0) is 25.7 Å². The van der Waals surface area contributed by atoms with Gasteiger partial charge in [-0.15, -0.1) is 0 Å². The van der Waals surface area contributed by atoms with E-state index >= 15 is 0 Å². The molecule has 0 amide bonds. The first-order valence-electron chi connectivity index (χ1n) is 39.3. The normalized spacial score (nSPS) is 13.9. The predicted molar refractivity (Wildman–Crippen MR) is 382 cm³/mol. The van der Waals surface area contributed by atoms with E-state index in [1.807, 2.05) is 0 Å². The summed E-state index contributed by atoms with van der Waals surface area (Å²) in [6.07, 6.45) is 59.7. The van der Waals surface area contributed by atoms with E-state index in [1.165, 1.54) is 231 Å². The molecule has 558 valence electrons. The summed E-state index contributed by atoms with van der Waals surface area (Å²) < 4.78 is 68.4. The van der Waals surface area contributed by atoms with E-state index in [4.69, 9.17) is 37.0 Å². The van der Waals surface area contributed by atoms with Gasteiger partial charge in [0, 0.05) is 25.7 Å². The van der Waals surface area contributed by atoms with Crippen molar-refractivity contribution in [3.63, 3.8) is 0 Å². The standard InChI is InChI=1S/C75H146O17P2/c1-5-9-13-17-21-25-28-30-31-32-33-34-35-36-37-39-42-46-50-54-58-62-75(80)92-71(66-86-73(78)60-56-52-48-44-41-38-29-26-22-18-14-10-6-2)68-90-94(83,84)88-64-69(76)63-87-93(81,82)89-67-70(65-85-72(77)59-55-51-47-43-24-20-16-12-8-4)91-74(79)61-57-53-49-45-40-27-23-19-15-11-7-3/h69-71,76H,5-68H2,1-4H3,(H,81,82)(H,83,84)/t69-,70+,71+/m0/s1. The van der Waals surface area contributed by atoms with Crippen molar-refractivity contribution in [2.75, 3.05) is 39.6 Å². The Kier molecular flexibility index (Phi) is 68.1. The van der Waals surface area contributed by atoms with Crippen molar-refractivity contribution >= 4 is 39.5 Å². The van der Waals surface area contributed by atoms with Crippen molar-refractivity contribution in [1.29, 1.82) is 0 Å². The fourth-order valence-electron chi connectivity index (χ4n) is 11.6. The van der Waals surface area contributed by atoms with E-state index in [1.54, 1.807) is 0 Å². The summed E-state index contributed by atoms with van der Waals surface area (Å²) in [6.45, 7) is 4.96. The van der Waals surface area contributed by atoms with Crippen molar-refractivity contribution < 1.29 is 80.2 Å². The number of aliphatic hydroxyl groups excluding tert-OH is 1. The largest absolute Gasteiger partial charge is 0.472 e. The topological polar surface area (TPSA) is 237 Å². The molecule has 2 unspecified atom stereocenters. The number of unbranched alkanes of at least 4 members (excludes halogenated alkanes) is 50. The molecule has 0 aromatic carbocycles. The molecule has 0 rings (SSSR count). The Balaban J connectivity index is 5.17. The van der Waals surface area contributed by atoms with Crippen LogP contribution in [0.5, 0.6) is 0 Å². The van der Waals surface area contributed by atoms with Gasteiger partial charge >= 0.3 is 39.5 Å². The Bertz CT molecular complexity index is 1790. The third kappa shape index (κ3) is 68.6. The van der Waals surface area contributed by atoms with Gasteiger partial charge in [-0.3, -0.25) is 37.3 Å². The van der Waals surface area contributed by atoms with Crippen LogP contribution < -0.4 is 0 Å².